The summed E-state index contributed by atoms with van der Waals surface area (Å²) >= 11 is 0. The van der Waals surface area contributed by atoms with E-state index >= 15 is 0 Å². The first-order valence-corrected chi connectivity index (χ1v) is 10.3. The Morgan fingerprint density at radius 3 is 2.69 bits per heavy atom. The van der Waals surface area contributed by atoms with Gasteiger partial charge in [-0.1, -0.05) is 42.5 Å². The molecule has 1 aliphatic heterocycles. The van der Waals surface area contributed by atoms with Crippen molar-refractivity contribution in [3.05, 3.63) is 77.8 Å². The fourth-order valence-electron chi connectivity index (χ4n) is 4.64. The molecule has 5 heteroatoms. The molecule has 4 rings (SSSR count). The SMILES string of the molecule is CN(Cc1cccnc1)C(=O)C12CCCC=C1N(Cc1ccccc1)C(=O)CC2. The second kappa shape index (κ2) is 8.19. The third kappa shape index (κ3) is 3.82. The molecule has 2 heterocycles. The second-order valence-corrected chi connectivity index (χ2v) is 8.05. The molecule has 1 fully saturated rings. The van der Waals surface area contributed by atoms with Crippen molar-refractivity contribution in [3.8, 4) is 0 Å². The molecule has 29 heavy (non-hydrogen) atoms. The fraction of sp³-hybridized carbons (Fsp3) is 0.375. The van der Waals surface area contributed by atoms with E-state index in [1.807, 2.05) is 54.4 Å². The summed E-state index contributed by atoms with van der Waals surface area (Å²) in [6.45, 7) is 1.04. The first-order valence-electron chi connectivity index (χ1n) is 10.3. The summed E-state index contributed by atoms with van der Waals surface area (Å²) < 4.78 is 0. The topological polar surface area (TPSA) is 53.5 Å². The largest absolute Gasteiger partial charge is 0.341 e. The van der Waals surface area contributed by atoms with E-state index in [1.54, 1.807) is 17.3 Å². The number of pyridine rings is 1. The number of hydrogen-bond acceptors (Lipinski definition) is 3. The Labute approximate surface area is 172 Å². The Morgan fingerprint density at radius 1 is 1.14 bits per heavy atom. The van der Waals surface area contributed by atoms with Gasteiger partial charge in [0.2, 0.25) is 11.8 Å². The summed E-state index contributed by atoms with van der Waals surface area (Å²) in [6, 6.07) is 13.9. The van der Waals surface area contributed by atoms with E-state index in [4.69, 9.17) is 0 Å². The molecule has 0 spiro atoms. The third-order valence-electron chi connectivity index (χ3n) is 6.08. The number of piperidine rings is 1. The number of benzene rings is 1. The maximum Gasteiger partial charge on any atom is 0.234 e. The molecule has 1 saturated heterocycles. The van der Waals surface area contributed by atoms with Gasteiger partial charge in [0.25, 0.3) is 0 Å². The van der Waals surface area contributed by atoms with Crippen LogP contribution in [-0.4, -0.2) is 33.6 Å². The van der Waals surface area contributed by atoms with Crippen LogP contribution in [0.15, 0.2) is 66.6 Å². The van der Waals surface area contributed by atoms with Crippen molar-refractivity contribution in [2.75, 3.05) is 7.05 Å². The molecule has 1 unspecified atom stereocenters. The number of amides is 2. The number of nitrogens with zero attached hydrogens (tertiary/aromatic N) is 3. The van der Waals surface area contributed by atoms with Crippen LogP contribution >= 0.6 is 0 Å². The highest BCUT2D eigenvalue weighted by atomic mass is 16.2. The van der Waals surface area contributed by atoms with Crippen LogP contribution in [0.4, 0.5) is 0 Å². The van der Waals surface area contributed by atoms with Crippen molar-refractivity contribution < 1.29 is 9.59 Å². The molecule has 150 valence electrons. The lowest BCUT2D eigenvalue weighted by atomic mass is 9.68. The summed E-state index contributed by atoms with van der Waals surface area (Å²) in [6.07, 6.45) is 9.35. The van der Waals surface area contributed by atoms with Gasteiger partial charge in [0.1, 0.15) is 0 Å². The van der Waals surface area contributed by atoms with Crippen LogP contribution in [0, 0.1) is 5.41 Å². The molecule has 0 bridgehead atoms. The normalized spacial score (nSPS) is 21.3. The first-order chi connectivity index (χ1) is 14.1. The number of rotatable bonds is 5. The van der Waals surface area contributed by atoms with Gasteiger partial charge in [-0.25, -0.2) is 0 Å². The summed E-state index contributed by atoms with van der Waals surface area (Å²) in [7, 11) is 1.86. The predicted molar refractivity (Wildman–Crippen MR) is 111 cm³/mol. The molecule has 1 aromatic heterocycles. The number of carbonyl (C=O) groups is 2. The van der Waals surface area contributed by atoms with E-state index in [0.29, 0.717) is 25.9 Å². The smallest absolute Gasteiger partial charge is 0.234 e. The fourth-order valence-corrected chi connectivity index (χ4v) is 4.64. The van der Waals surface area contributed by atoms with Gasteiger partial charge in [-0.15, -0.1) is 0 Å². The average molecular weight is 389 g/mol. The summed E-state index contributed by atoms with van der Waals surface area (Å²) in [5.74, 6) is 0.221. The highest BCUT2D eigenvalue weighted by Crippen LogP contribution is 2.48. The molecule has 0 saturated carbocycles. The second-order valence-electron chi connectivity index (χ2n) is 8.05. The van der Waals surface area contributed by atoms with E-state index < -0.39 is 5.41 Å². The van der Waals surface area contributed by atoms with Gasteiger partial charge in [0.15, 0.2) is 0 Å². The zero-order chi connectivity index (χ0) is 20.3. The van der Waals surface area contributed by atoms with Gasteiger partial charge in [-0.05, 0) is 42.9 Å². The standard InChI is InChI=1S/C24H27N3O2/c1-26(17-20-10-7-15-25-16-20)23(29)24-13-6-5-11-21(24)27(22(28)12-14-24)18-19-8-3-2-4-9-19/h2-4,7-11,15-16H,5-6,12-14,17-18H2,1H3. The first kappa shape index (κ1) is 19.4. The zero-order valence-corrected chi connectivity index (χ0v) is 16.9. The van der Waals surface area contributed by atoms with E-state index in [1.165, 1.54) is 0 Å². The lowest BCUT2D eigenvalue weighted by molar-refractivity contribution is -0.147. The van der Waals surface area contributed by atoms with E-state index in [0.717, 1.165) is 36.1 Å². The average Bonchev–Trinajstić information content (AvgIpc) is 2.76. The maximum absolute atomic E-state index is 13.7. The molecular weight excluding hydrogens is 362 g/mol. The van der Waals surface area contributed by atoms with Gasteiger partial charge in [0.05, 0.1) is 12.0 Å². The summed E-state index contributed by atoms with van der Waals surface area (Å²) in [4.78, 5) is 34.3. The number of likely N-dealkylation sites (tertiary alicyclic amines) is 1. The van der Waals surface area contributed by atoms with E-state index in [-0.39, 0.29) is 11.8 Å². The quantitative estimate of drug-likeness (QED) is 0.779. The van der Waals surface area contributed by atoms with Crippen molar-refractivity contribution in [2.24, 2.45) is 5.41 Å². The molecular formula is C24H27N3O2. The maximum atomic E-state index is 13.7. The van der Waals surface area contributed by atoms with E-state index in [9.17, 15) is 9.59 Å². The summed E-state index contributed by atoms with van der Waals surface area (Å²) in [5, 5.41) is 0. The zero-order valence-electron chi connectivity index (χ0n) is 16.9. The van der Waals surface area contributed by atoms with Gasteiger partial charge >= 0.3 is 0 Å². The molecule has 2 aliphatic rings. The highest BCUT2D eigenvalue weighted by Gasteiger charge is 2.50. The van der Waals surface area contributed by atoms with Crippen LogP contribution in [0.1, 0.15) is 43.2 Å². The number of aromatic nitrogens is 1. The number of hydrogen-bond donors (Lipinski definition) is 0. The number of allylic oxidation sites excluding steroid dienone is 1. The van der Waals surface area contributed by atoms with Gasteiger partial charge in [0, 0.05) is 38.1 Å². The van der Waals surface area contributed by atoms with Crippen LogP contribution in [0.2, 0.25) is 0 Å². The number of carbonyl (C=O) groups excluding carboxylic acids is 2. The Balaban J connectivity index is 1.61. The monoisotopic (exact) mass is 389 g/mol. The Bertz CT molecular complexity index is 910. The highest BCUT2D eigenvalue weighted by molar-refractivity contribution is 5.91. The lowest BCUT2D eigenvalue weighted by Crippen LogP contribution is -2.52. The Hall–Kier alpha value is -2.95. The molecule has 1 atom stereocenters. The molecule has 2 aromatic rings. The minimum atomic E-state index is -0.599. The minimum Gasteiger partial charge on any atom is -0.341 e. The molecule has 1 aromatic carbocycles. The third-order valence-corrected chi connectivity index (χ3v) is 6.08. The Morgan fingerprint density at radius 2 is 1.93 bits per heavy atom. The molecule has 0 radical (unpaired) electrons. The lowest BCUT2D eigenvalue weighted by Gasteiger charge is -2.47. The molecule has 2 amide bonds. The number of fused-ring (bicyclic) bond motifs is 1. The van der Waals surface area contributed by atoms with Crippen molar-refractivity contribution in [1.29, 1.82) is 0 Å². The predicted octanol–water partition coefficient (Wildman–Crippen LogP) is 3.92. The van der Waals surface area contributed by atoms with Crippen molar-refractivity contribution in [3.63, 3.8) is 0 Å². The van der Waals surface area contributed by atoms with Crippen LogP contribution in [0.3, 0.4) is 0 Å². The van der Waals surface area contributed by atoms with Crippen molar-refractivity contribution in [1.82, 2.24) is 14.8 Å². The summed E-state index contributed by atoms with van der Waals surface area (Å²) in [5.41, 5.74) is 2.40. The van der Waals surface area contributed by atoms with Crippen molar-refractivity contribution >= 4 is 11.8 Å². The van der Waals surface area contributed by atoms with Gasteiger partial charge in [-0.2, -0.15) is 0 Å². The van der Waals surface area contributed by atoms with Crippen LogP contribution in [0.25, 0.3) is 0 Å². The van der Waals surface area contributed by atoms with Gasteiger partial charge in [-0.3, -0.25) is 14.6 Å². The van der Waals surface area contributed by atoms with Crippen LogP contribution in [-0.2, 0) is 22.7 Å². The van der Waals surface area contributed by atoms with Crippen LogP contribution < -0.4 is 0 Å². The Kier molecular flexibility index (Phi) is 5.47. The van der Waals surface area contributed by atoms with Crippen LogP contribution in [0.5, 0.6) is 0 Å². The molecule has 0 N–H and O–H groups in total. The molecule has 5 nitrogen and oxygen atoms in total. The van der Waals surface area contributed by atoms with Crippen molar-refractivity contribution in [2.45, 2.75) is 45.2 Å². The minimum absolute atomic E-state index is 0.109. The molecule has 1 aliphatic carbocycles. The van der Waals surface area contributed by atoms with Gasteiger partial charge < -0.3 is 9.80 Å². The van der Waals surface area contributed by atoms with E-state index in [2.05, 4.69) is 11.1 Å².